The zero-order valence-corrected chi connectivity index (χ0v) is 31.6. The molecule has 58 heavy (non-hydrogen) atoms. The molecule has 0 radical (unpaired) electrons. The SMILES string of the molecule is C1=C(c2ccc(-c3cccc4ccccc34)cc2)N=C(c2cccc3oc4ccc(-c5ccc(-c6ccccc6)cc5)cc4c23)N=C(c2ccc3ccccc3c2)C1. The molecule has 3 nitrogen and oxygen atoms in total. The standard InChI is InChI=1S/C55H36N2O/c1-2-10-36(11-3-1)38-20-22-39(23-21-38)44-30-33-52-49(35-44)54-48(18-9-19-53(54)58-52)55-56-50(31-32-51(57-55)45-29-24-37-12-4-5-14-43(37)34-45)42-27-25-41(26-28-42)47-17-8-15-40-13-6-7-16-46(40)47/h1-31,33-35H,32H2. The van der Waals surface area contributed by atoms with Gasteiger partial charge in [0.25, 0.3) is 0 Å². The molecule has 0 atom stereocenters. The number of nitrogens with zero attached hydrogens (tertiary/aromatic N) is 2. The molecule has 0 aliphatic carbocycles. The van der Waals surface area contributed by atoms with Crippen LogP contribution in [0.4, 0.5) is 0 Å². The van der Waals surface area contributed by atoms with Gasteiger partial charge in [-0.15, -0.1) is 0 Å². The molecule has 1 aliphatic heterocycles. The third kappa shape index (κ3) is 6.10. The van der Waals surface area contributed by atoms with Crippen molar-refractivity contribution in [3.63, 3.8) is 0 Å². The predicted octanol–water partition coefficient (Wildman–Crippen LogP) is 14.6. The summed E-state index contributed by atoms with van der Waals surface area (Å²) in [6, 6.07) is 70.9. The number of aliphatic imine (C=N–C) groups is 2. The molecule has 1 aromatic heterocycles. The minimum Gasteiger partial charge on any atom is -0.456 e. The molecule has 1 aliphatic rings. The lowest BCUT2D eigenvalue weighted by Gasteiger charge is -2.09. The van der Waals surface area contributed by atoms with E-state index in [9.17, 15) is 0 Å². The van der Waals surface area contributed by atoms with E-state index in [1.54, 1.807) is 0 Å². The molecule has 10 aromatic rings. The molecule has 0 N–H and O–H groups in total. The van der Waals surface area contributed by atoms with E-state index in [1.165, 1.54) is 43.8 Å². The number of furan rings is 1. The van der Waals surface area contributed by atoms with Gasteiger partial charge in [-0.05, 0) is 90.3 Å². The Morgan fingerprint density at radius 3 is 1.83 bits per heavy atom. The number of rotatable bonds is 6. The summed E-state index contributed by atoms with van der Waals surface area (Å²) >= 11 is 0. The highest BCUT2D eigenvalue weighted by Gasteiger charge is 2.20. The first-order chi connectivity index (χ1) is 28.7. The second-order valence-corrected chi connectivity index (χ2v) is 14.9. The topological polar surface area (TPSA) is 37.9 Å². The highest BCUT2D eigenvalue weighted by atomic mass is 16.3. The van der Waals surface area contributed by atoms with Gasteiger partial charge in [0.1, 0.15) is 11.2 Å². The minimum atomic E-state index is 0.636. The van der Waals surface area contributed by atoms with Gasteiger partial charge in [0.15, 0.2) is 5.84 Å². The third-order valence-corrected chi connectivity index (χ3v) is 11.4. The summed E-state index contributed by atoms with van der Waals surface area (Å²) in [6.07, 6.45) is 2.86. The summed E-state index contributed by atoms with van der Waals surface area (Å²) in [5, 5.41) is 6.91. The lowest BCUT2D eigenvalue weighted by molar-refractivity contribution is 0.669. The van der Waals surface area contributed by atoms with Crippen molar-refractivity contribution in [1.29, 1.82) is 0 Å². The van der Waals surface area contributed by atoms with Crippen molar-refractivity contribution in [2.24, 2.45) is 9.98 Å². The van der Waals surface area contributed by atoms with Gasteiger partial charge in [0.05, 0.1) is 11.4 Å². The van der Waals surface area contributed by atoms with E-state index in [4.69, 9.17) is 14.4 Å². The average Bonchev–Trinajstić information content (AvgIpc) is 3.53. The first kappa shape index (κ1) is 33.7. The Balaban J connectivity index is 1.04. The zero-order chi connectivity index (χ0) is 38.4. The molecule has 11 rings (SSSR count). The maximum absolute atomic E-state index is 6.52. The number of amidine groups is 1. The molecule has 0 amide bonds. The van der Waals surface area contributed by atoms with Crippen LogP contribution in [0.2, 0.25) is 0 Å². The van der Waals surface area contributed by atoms with Crippen LogP contribution in [0.3, 0.4) is 0 Å². The van der Waals surface area contributed by atoms with Gasteiger partial charge >= 0.3 is 0 Å². The molecule has 3 heteroatoms. The lowest BCUT2D eigenvalue weighted by Crippen LogP contribution is -2.05. The van der Waals surface area contributed by atoms with Crippen LogP contribution in [0.15, 0.2) is 221 Å². The summed E-state index contributed by atoms with van der Waals surface area (Å²) < 4.78 is 6.52. The second-order valence-electron chi connectivity index (χ2n) is 14.9. The van der Waals surface area contributed by atoms with Crippen molar-refractivity contribution in [1.82, 2.24) is 0 Å². The molecule has 0 fully saturated rings. The summed E-state index contributed by atoms with van der Waals surface area (Å²) in [5.41, 5.74) is 13.6. The molecule has 0 unspecified atom stereocenters. The van der Waals surface area contributed by atoms with Crippen LogP contribution >= 0.6 is 0 Å². The highest BCUT2D eigenvalue weighted by Crippen LogP contribution is 2.37. The number of hydrogen-bond donors (Lipinski definition) is 0. The average molecular weight is 741 g/mol. The maximum Gasteiger partial charge on any atom is 0.160 e. The Bertz CT molecular complexity index is 3270. The van der Waals surface area contributed by atoms with Gasteiger partial charge in [0.2, 0.25) is 0 Å². The number of hydrogen-bond acceptors (Lipinski definition) is 3. The van der Waals surface area contributed by atoms with Crippen molar-refractivity contribution in [3.05, 3.63) is 223 Å². The predicted molar refractivity (Wildman–Crippen MR) is 244 cm³/mol. The lowest BCUT2D eigenvalue weighted by atomic mass is 9.97. The van der Waals surface area contributed by atoms with Crippen molar-refractivity contribution in [2.45, 2.75) is 6.42 Å². The largest absolute Gasteiger partial charge is 0.456 e. The van der Waals surface area contributed by atoms with Crippen LogP contribution in [-0.4, -0.2) is 11.5 Å². The van der Waals surface area contributed by atoms with Crippen molar-refractivity contribution < 1.29 is 4.42 Å². The van der Waals surface area contributed by atoms with E-state index in [1.807, 2.05) is 12.1 Å². The van der Waals surface area contributed by atoms with Gasteiger partial charge < -0.3 is 4.42 Å². The molecule has 272 valence electrons. The first-order valence-corrected chi connectivity index (χ1v) is 19.8. The summed E-state index contributed by atoms with van der Waals surface area (Å²) in [6.45, 7) is 0. The van der Waals surface area contributed by atoms with E-state index in [0.717, 1.165) is 61.2 Å². The van der Waals surface area contributed by atoms with Gasteiger partial charge in [-0.1, -0.05) is 182 Å². The maximum atomic E-state index is 6.52. The minimum absolute atomic E-state index is 0.636. The van der Waals surface area contributed by atoms with Crippen LogP contribution in [0.1, 0.15) is 23.1 Å². The van der Waals surface area contributed by atoms with Crippen LogP contribution in [0.5, 0.6) is 0 Å². The van der Waals surface area contributed by atoms with Crippen molar-refractivity contribution in [2.75, 3.05) is 0 Å². The quantitative estimate of drug-likeness (QED) is 0.167. The Kier molecular flexibility index (Phi) is 8.22. The van der Waals surface area contributed by atoms with E-state index >= 15 is 0 Å². The smallest absolute Gasteiger partial charge is 0.160 e. The van der Waals surface area contributed by atoms with E-state index in [2.05, 4.69) is 194 Å². The molecular weight excluding hydrogens is 705 g/mol. The van der Waals surface area contributed by atoms with Crippen molar-refractivity contribution >= 4 is 60.7 Å². The number of fused-ring (bicyclic) bond motifs is 5. The molecule has 0 saturated heterocycles. The number of benzene rings is 9. The van der Waals surface area contributed by atoms with Gasteiger partial charge in [-0.3, -0.25) is 0 Å². The van der Waals surface area contributed by atoms with Crippen LogP contribution in [0.25, 0.3) is 82.6 Å². The van der Waals surface area contributed by atoms with Crippen LogP contribution in [-0.2, 0) is 0 Å². The fourth-order valence-electron chi connectivity index (χ4n) is 8.38. The fourth-order valence-corrected chi connectivity index (χ4v) is 8.38. The summed E-state index contributed by atoms with van der Waals surface area (Å²) in [5.74, 6) is 0.663. The molecule has 0 spiro atoms. The third-order valence-electron chi connectivity index (χ3n) is 11.4. The molecule has 0 bridgehead atoms. The molecule has 9 aromatic carbocycles. The monoisotopic (exact) mass is 740 g/mol. The Morgan fingerprint density at radius 1 is 0.362 bits per heavy atom. The van der Waals surface area contributed by atoms with Crippen LogP contribution in [0, 0.1) is 0 Å². The van der Waals surface area contributed by atoms with E-state index in [0.29, 0.717) is 12.3 Å². The highest BCUT2D eigenvalue weighted by molar-refractivity contribution is 6.23. The Morgan fingerprint density at radius 2 is 0.983 bits per heavy atom. The van der Waals surface area contributed by atoms with Gasteiger partial charge in [0, 0.05) is 22.8 Å². The normalized spacial score (nSPS) is 13.1. The van der Waals surface area contributed by atoms with Gasteiger partial charge in [-0.2, -0.15) is 0 Å². The zero-order valence-electron chi connectivity index (χ0n) is 31.6. The first-order valence-electron chi connectivity index (χ1n) is 19.8. The summed E-state index contributed by atoms with van der Waals surface area (Å²) in [4.78, 5) is 10.8. The second kappa shape index (κ2) is 14.1. The molecule has 2 heterocycles. The summed E-state index contributed by atoms with van der Waals surface area (Å²) in [7, 11) is 0. The Hall–Kier alpha value is -7.62. The number of allylic oxidation sites excluding steroid dienone is 1. The molecule has 0 saturated carbocycles. The van der Waals surface area contributed by atoms with Crippen molar-refractivity contribution in [3.8, 4) is 33.4 Å². The fraction of sp³-hybridized carbons (Fsp3) is 0.0182. The van der Waals surface area contributed by atoms with Gasteiger partial charge in [-0.25, -0.2) is 9.98 Å². The Labute approximate surface area is 336 Å². The molecular formula is C55H36N2O. The van der Waals surface area contributed by atoms with Crippen LogP contribution < -0.4 is 0 Å². The van der Waals surface area contributed by atoms with E-state index < -0.39 is 0 Å². The van der Waals surface area contributed by atoms with E-state index in [-0.39, 0.29) is 0 Å².